The van der Waals surface area contributed by atoms with Crippen LogP contribution in [0.1, 0.15) is 24.9 Å². The standard InChI is InChI=1S/C19H23N3O2.HI/c1-14(24-15-7-3-2-4-8-15)13-21-19(20)22-17-11-12-23-18-10-6-5-9-16(17)18;/h2-10,14,17H,11-13H2,1H3,(H3,20,21,22);1H. The average molecular weight is 453 g/mol. The minimum atomic E-state index is -0.0466. The summed E-state index contributed by atoms with van der Waals surface area (Å²) in [5.74, 6) is 2.18. The van der Waals surface area contributed by atoms with Gasteiger partial charge in [0.25, 0.3) is 0 Å². The molecular formula is C19H24IN3O2. The summed E-state index contributed by atoms with van der Waals surface area (Å²) in [5.41, 5.74) is 7.17. The lowest BCUT2D eigenvalue weighted by atomic mass is 10.0. The first-order valence-electron chi connectivity index (χ1n) is 8.22. The van der Waals surface area contributed by atoms with Crippen LogP contribution in [0.5, 0.6) is 11.5 Å². The van der Waals surface area contributed by atoms with Crippen molar-refractivity contribution in [2.24, 2.45) is 10.7 Å². The predicted octanol–water partition coefficient (Wildman–Crippen LogP) is 3.50. The molecule has 1 aliphatic rings. The number of nitrogens with one attached hydrogen (secondary N) is 1. The van der Waals surface area contributed by atoms with Gasteiger partial charge in [0.2, 0.25) is 0 Å². The molecule has 3 N–H and O–H groups in total. The van der Waals surface area contributed by atoms with Gasteiger partial charge >= 0.3 is 0 Å². The Hall–Kier alpha value is -1.96. The fourth-order valence-corrected chi connectivity index (χ4v) is 2.71. The molecule has 0 saturated heterocycles. The van der Waals surface area contributed by atoms with Crippen molar-refractivity contribution >= 4 is 29.9 Å². The summed E-state index contributed by atoms with van der Waals surface area (Å²) >= 11 is 0. The number of para-hydroxylation sites is 2. The molecule has 2 unspecified atom stereocenters. The van der Waals surface area contributed by atoms with Gasteiger partial charge in [0.1, 0.15) is 17.6 Å². The zero-order chi connectivity index (χ0) is 16.8. The minimum Gasteiger partial charge on any atom is -0.493 e. The number of aliphatic imine (C=N–C) groups is 1. The number of hydrogen-bond donors (Lipinski definition) is 2. The number of hydrogen-bond acceptors (Lipinski definition) is 3. The third-order valence-corrected chi connectivity index (χ3v) is 3.88. The maximum atomic E-state index is 6.05. The summed E-state index contributed by atoms with van der Waals surface area (Å²) in [6.07, 6.45) is 0.818. The van der Waals surface area contributed by atoms with E-state index in [4.69, 9.17) is 15.2 Å². The smallest absolute Gasteiger partial charge is 0.189 e. The van der Waals surface area contributed by atoms with Gasteiger partial charge in [-0.15, -0.1) is 24.0 Å². The number of guanidine groups is 1. The Morgan fingerprint density at radius 3 is 2.76 bits per heavy atom. The normalized spacial score (nSPS) is 17.5. The lowest BCUT2D eigenvalue weighted by molar-refractivity contribution is 0.230. The van der Waals surface area contributed by atoms with Crippen LogP contribution in [0.4, 0.5) is 0 Å². The molecule has 1 aliphatic heterocycles. The summed E-state index contributed by atoms with van der Waals surface area (Å²) in [6.45, 7) is 3.15. The molecule has 2 atom stereocenters. The molecule has 0 bridgehead atoms. The first-order valence-corrected chi connectivity index (χ1v) is 8.22. The van der Waals surface area contributed by atoms with Gasteiger partial charge in [0.15, 0.2) is 5.96 Å². The molecule has 0 fully saturated rings. The van der Waals surface area contributed by atoms with Gasteiger partial charge in [-0.1, -0.05) is 36.4 Å². The van der Waals surface area contributed by atoms with Crippen molar-refractivity contribution in [2.75, 3.05) is 13.2 Å². The fourth-order valence-electron chi connectivity index (χ4n) is 2.71. The molecule has 0 aliphatic carbocycles. The highest BCUT2D eigenvalue weighted by Crippen LogP contribution is 2.31. The molecule has 2 aromatic rings. The number of halogens is 1. The maximum absolute atomic E-state index is 6.05. The summed E-state index contributed by atoms with van der Waals surface area (Å²) in [7, 11) is 0. The Morgan fingerprint density at radius 2 is 1.96 bits per heavy atom. The van der Waals surface area contributed by atoms with E-state index < -0.39 is 0 Å². The number of benzene rings is 2. The number of rotatable bonds is 5. The fraction of sp³-hybridized carbons (Fsp3) is 0.316. The van der Waals surface area contributed by atoms with Gasteiger partial charge in [-0.3, -0.25) is 0 Å². The Bertz CT molecular complexity index is 694. The number of nitrogens with zero attached hydrogens (tertiary/aromatic N) is 1. The molecule has 0 radical (unpaired) electrons. The molecule has 0 spiro atoms. The van der Waals surface area contributed by atoms with Gasteiger partial charge in [0.05, 0.1) is 19.2 Å². The third kappa shape index (κ3) is 5.52. The molecule has 0 amide bonds. The third-order valence-electron chi connectivity index (χ3n) is 3.88. The van der Waals surface area contributed by atoms with Crippen LogP contribution >= 0.6 is 24.0 Å². The van der Waals surface area contributed by atoms with Crippen molar-refractivity contribution in [2.45, 2.75) is 25.5 Å². The first kappa shape index (κ1) is 19.4. The van der Waals surface area contributed by atoms with Crippen molar-refractivity contribution in [1.29, 1.82) is 0 Å². The molecule has 134 valence electrons. The highest BCUT2D eigenvalue weighted by molar-refractivity contribution is 14.0. The molecule has 1 heterocycles. The number of ether oxygens (including phenoxy) is 2. The van der Waals surface area contributed by atoms with Crippen molar-refractivity contribution in [3.63, 3.8) is 0 Å². The molecule has 0 aromatic heterocycles. The van der Waals surface area contributed by atoms with E-state index in [1.165, 1.54) is 0 Å². The van der Waals surface area contributed by atoms with E-state index in [-0.39, 0.29) is 36.1 Å². The second-order valence-corrected chi connectivity index (χ2v) is 5.84. The van der Waals surface area contributed by atoms with E-state index in [0.717, 1.165) is 23.5 Å². The van der Waals surface area contributed by atoms with Crippen LogP contribution in [-0.2, 0) is 0 Å². The Balaban J connectivity index is 0.00000225. The topological polar surface area (TPSA) is 68.9 Å². The van der Waals surface area contributed by atoms with E-state index in [0.29, 0.717) is 19.1 Å². The van der Waals surface area contributed by atoms with E-state index in [1.807, 2.05) is 55.5 Å². The van der Waals surface area contributed by atoms with Crippen LogP contribution in [0, 0.1) is 0 Å². The summed E-state index contributed by atoms with van der Waals surface area (Å²) < 4.78 is 11.5. The van der Waals surface area contributed by atoms with Crippen LogP contribution in [0.25, 0.3) is 0 Å². The first-order chi connectivity index (χ1) is 11.7. The molecule has 5 nitrogen and oxygen atoms in total. The highest BCUT2D eigenvalue weighted by Gasteiger charge is 2.21. The lowest BCUT2D eigenvalue weighted by Gasteiger charge is -2.27. The largest absolute Gasteiger partial charge is 0.493 e. The maximum Gasteiger partial charge on any atom is 0.189 e. The zero-order valence-electron chi connectivity index (χ0n) is 14.2. The van der Waals surface area contributed by atoms with Crippen LogP contribution in [0.15, 0.2) is 59.6 Å². The van der Waals surface area contributed by atoms with Gasteiger partial charge in [-0.05, 0) is 25.1 Å². The van der Waals surface area contributed by atoms with Gasteiger partial charge in [-0.2, -0.15) is 0 Å². The van der Waals surface area contributed by atoms with E-state index in [2.05, 4.69) is 16.4 Å². The Morgan fingerprint density at radius 1 is 1.24 bits per heavy atom. The number of nitrogens with two attached hydrogens (primary N) is 1. The molecule has 2 aromatic carbocycles. The van der Waals surface area contributed by atoms with E-state index in [9.17, 15) is 0 Å². The predicted molar refractivity (Wildman–Crippen MR) is 111 cm³/mol. The van der Waals surface area contributed by atoms with Crippen molar-refractivity contribution in [1.82, 2.24) is 5.32 Å². The molecule has 6 heteroatoms. The molecule has 0 saturated carbocycles. The molecule has 25 heavy (non-hydrogen) atoms. The van der Waals surface area contributed by atoms with Gasteiger partial charge in [-0.25, -0.2) is 4.99 Å². The average Bonchev–Trinajstić information content (AvgIpc) is 2.61. The summed E-state index contributed by atoms with van der Waals surface area (Å²) in [4.78, 5) is 4.40. The molecule has 3 rings (SSSR count). The van der Waals surface area contributed by atoms with Gasteiger partial charge < -0.3 is 20.5 Å². The van der Waals surface area contributed by atoms with Crippen LogP contribution < -0.4 is 20.5 Å². The summed E-state index contributed by atoms with van der Waals surface area (Å²) in [6, 6.07) is 17.9. The molecular weight excluding hydrogens is 429 g/mol. The van der Waals surface area contributed by atoms with Gasteiger partial charge in [0, 0.05) is 12.0 Å². The van der Waals surface area contributed by atoms with Crippen LogP contribution in [0.3, 0.4) is 0 Å². The minimum absolute atomic E-state index is 0. The van der Waals surface area contributed by atoms with Crippen molar-refractivity contribution < 1.29 is 9.47 Å². The quantitative estimate of drug-likeness (QED) is 0.413. The lowest BCUT2D eigenvalue weighted by Crippen LogP contribution is -2.38. The Kier molecular flexibility index (Phi) is 7.36. The van der Waals surface area contributed by atoms with Crippen LogP contribution in [0.2, 0.25) is 0 Å². The Labute approximate surface area is 165 Å². The van der Waals surface area contributed by atoms with E-state index in [1.54, 1.807) is 0 Å². The summed E-state index contributed by atoms with van der Waals surface area (Å²) in [5, 5.41) is 3.29. The van der Waals surface area contributed by atoms with E-state index >= 15 is 0 Å². The zero-order valence-corrected chi connectivity index (χ0v) is 16.6. The highest BCUT2D eigenvalue weighted by atomic mass is 127. The second kappa shape index (κ2) is 9.50. The second-order valence-electron chi connectivity index (χ2n) is 5.84. The SMILES string of the molecule is CC(CN=C(N)NC1CCOc2ccccc21)Oc1ccccc1.I. The van der Waals surface area contributed by atoms with Crippen molar-refractivity contribution in [3.8, 4) is 11.5 Å². The van der Waals surface area contributed by atoms with Crippen molar-refractivity contribution in [3.05, 3.63) is 60.2 Å². The monoisotopic (exact) mass is 453 g/mol. The van der Waals surface area contributed by atoms with Crippen LogP contribution in [-0.4, -0.2) is 25.2 Å². The number of fused-ring (bicyclic) bond motifs is 1.